The summed E-state index contributed by atoms with van der Waals surface area (Å²) >= 11 is 4.28. The molecule has 0 radical (unpaired) electrons. The van der Waals surface area contributed by atoms with Gasteiger partial charge in [0.15, 0.2) is 0 Å². The smallest absolute Gasteiger partial charge is 0.0340 e. The van der Waals surface area contributed by atoms with E-state index in [1.807, 2.05) is 0 Å². The molecule has 0 aliphatic carbocycles. The first-order valence-corrected chi connectivity index (χ1v) is 9.62. The molecule has 18 heavy (non-hydrogen) atoms. The van der Waals surface area contributed by atoms with Gasteiger partial charge in [-0.25, -0.2) is 0 Å². The van der Waals surface area contributed by atoms with Crippen molar-refractivity contribution in [3.05, 3.63) is 0 Å². The summed E-state index contributed by atoms with van der Waals surface area (Å²) < 4.78 is 0. The van der Waals surface area contributed by atoms with Crippen LogP contribution in [0.25, 0.3) is 0 Å². The van der Waals surface area contributed by atoms with Crippen molar-refractivity contribution < 1.29 is 0 Å². The Balaban J connectivity index is 2.29. The molecule has 0 amide bonds. The highest BCUT2D eigenvalue weighted by molar-refractivity contribution is 8.07. The molecule has 3 unspecified atom stereocenters. The Hall–Kier alpha value is 0.620. The van der Waals surface area contributed by atoms with Gasteiger partial charge in [-0.3, -0.25) is 11.3 Å². The van der Waals surface area contributed by atoms with Crippen molar-refractivity contribution >= 4 is 23.5 Å². The van der Waals surface area contributed by atoms with E-state index in [9.17, 15) is 0 Å². The first kappa shape index (κ1) is 16.7. The summed E-state index contributed by atoms with van der Waals surface area (Å²) in [5, 5.41) is 1.50. The van der Waals surface area contributed by atoms with Gasteiger partial charge in [0.05, 0.1) is 0 Å². The lowest BCUT2D eigenvalue weighted by molar-refractivity contribution is 0.440. The van der Waals surface area contributed by atoms with Crippen LogP contribution in [0.2, 0.25) is 0 Å². The Bertz CT molecular complexity index is 202. The van der Waals surface area contributed by atoms with E-state index in [0.717, 1.165) is 5.25 Å². The molecule has 1 rings (SSSR count). The maximum atomic E-state index is 5.79. The van der Waals surface area contributed by atoms with Gasteiger partial charge in [-0.05, 0) is 12.8 Å². The minimum Gasteiger partial charge on any atom is -0.271 e. The molecular weight excluding hydrogens is 260 g/mol. The van der Waals surface area contributed by atoms with Gasteiger partial charge in [0.2, 0.25) is 0 Å². The monoisotopic (exact) mass is 290 g/mol. The van der Waals surface area contributed by atoms with Crippen molar-refractivity contribution in [2.45, 2.75) is 75.3 Å². The molecule has 1 saturated heterocycles. The van der Waals surface area contributed by atoms with Gasteiger partial charge in [-0.2, -0.15) is 23.5 Å². The molecule has 0 saturated carbocycles. The summed E-state index contributed by atoms with van der Waals surface area (Å²) in [4.78, 5) is 0. The zero-order valence-corrected chi connectivity index (χ0v) is 13.6. The summed E-state index contributed by atoms with van der Waals surface area (Å²) in [6.07, 6.45) is 9.31. The highest BCUT2D eigenvalue weighted by Gasteiger charge is 2.30. The summed E-state index contributed by atoms with van der Waals surface area (Å²) in [6, 6.07) is 0.509. The minimum atomic E-state index is 0.509. The highest BCUT2D eigenvalue weighted by Crippen LogP contribution is 2.36. The molecular formula is C14H30N2S2. The fraction of sp³-hybridized carbons (Fsp3) is 1.00. The maximum Gasteiger partial charge on any atom is 0.0340 e. The molecule has 108 valence electrons. The maximum absolute atomic E-state index is 5.79. The van der Waals surface area contributed by atoms with Crippen LogP contribution in [0.3, 0.4) is 0 Å². The summed E-state index contributed by atoms with van der Waals surface area (Å²) in [5.74, 6) is 8.39. The number of nitrogens with one attached hydrogen (secondary N) is 1. The zero-order chi connectivity index (χ0) is 13.2. The van der Waals surface area contributed by atoms with Gasteiger partial charge >= 0.3 is 0 Å². The number of hydrogen-bond acceptors (Lipinski definition) is 4. The number of rotatable bonds is 9. The zero-order valence-electron chi connectivity index (χ0n) is 12.0. The van der Waals surface area contributed by atoms with E-state index in [4.69, 9.17) is 5.84 Å². The van der Waals surface area contributed by atoms with E-state index in [-0.39, 0.29) is 0 Å². The number of nitrogens with two attached hydrogens (primary N) is 1. The van der Waals surface area contributed by atoms with E-state index in [1.54, 1.807) is 0 Å². The SMILES string of the molecule is CCCCCCCC(NN)C1SCCSC1CC. The van der Waals surface area contributed by atoms with Gasteiger partial charge in [0.25, 0.3) is 0 Å². The average Bonchev–Trinajstić information content (AvgIpc) is 2.43. The van der Waals surface area contributed by atoms with E-state index in [2.05, 4.69) is 42.8 Å². The largest absolute Gasteiger partial charge is 0.271 e. The van der Waals surface area contributed by atoms with Crippen LogP contribution in [0.4, 0.5) is 0 Å². The molecule has 1 fully saturated rings. The van der Waals surface area contributed by atoms with E-state index >= 15 is 0 Å². The van der Waals surface area contributed by atoms with Gasteiger partial charge < -0.3 is 0 Å². The van der Waals surface area contributed by atoms with E-state index in [1.165, 1.54) is 56.5 Å². The van der Waals surface area contributed by atoms with Crippen molar-refractivity contribution in [2.24, 2.45) is 5.84 Å². The first-order valence-electron chi connectivity index (χ1n) is 7.52. The Labute approximate surface area is 122 Å². The molecule has 0 aromatic rings. The average molecular weight is 291 g/mol. The van der Waals surface area contributed by atoms with Crippen LogP contribution in [0.5, 0.6) is 0 Å². The number of thioether (sulfide) groups is 2. The van der Waals surface area contributed by atoms with Gasteiger partial charge in [-0.1, -0.05) is 46.0 Å². The fourth-order valence-electron chi connectivity index (χ4n) is 2.62. The van der Waals surface area contributed by atoms with Crippen LogP contribution in [-0.4, -0.2) is 28.0 Å². The van der Waals surface area contributed by atoms with Crippen molar-refractivity contribution in [2.75, 3.05) is 11.5 Å². The molecule has 0 bridgehead atoms. The Kier molecular flexibility index (Phi) is 9.65. The lowest BCUT2D eigenvalue weighted by atomic mass is 10.0. The normalized spacial score (nSPS) is 26.2. The molecule has 3 atom stereocenters. The quantitative estimate of drug-likeness (QED) is 0.385. The van der Waals surface area contributed by atoms with Crippen LogP contribution in [-0.2, 0) is 0 Å². The minimum absolute atomic E-state index is 0.509. The lowest BCUT2D eigenvalue weighted by Gasteiger charge is -2.35. The molecule has 1 aliphatic heterocycles. The van der Waals surface area contributed by atoms with Crippen LogP contribution in [0.15, 0.2) is 0 Å². The highest BCUT2D eigenvalue weighted by atomic mass is 32.2. The van der Waals surface area contributed by atoms with E-state index in [0.29, 0.717) is 11.3 Å². The molecule has 0 spiro atoms. The number of hydrazine groups is 1. The molecule has 4 heteroatoms. The Morgan fingerprint density at radius 3 is 2.50 bits per heavy atom. The summed E-state index contributed by atoms with van der Waals surface area (Å²) in [5.41, 5.74) is 3.09. The van der Waals surface area contributed by atoms with Crippen LogP contribution in [0, 0.1) is 0 Å². The second kappa shape index (κ2) is 10.4. The van der Waals surface area contributed by atoms with Crippen molar-refractivity contribution in [3.8, 4) is 0 Å². The molecule has 1 aliphatic rings. The first-order chi connectivity index (χ1) is 8.83. The Morgan fingerprint density at radius 1 is 1.11 bits per heavy atom. The summed E-state index contributed by atoms with van der Waals surface area (Å²) in [6.45, 7) is 4.58. The van der Waals surface area contributed by atoms with Gasteiger partial charge in [0, 0.05) is 28.0 Å². The Morgan fingerprint density at radius 2 is 1.83 bits per heavy atom. The van der Waals surface area contributed by atoms with Crippen molar-refractivity contribution in [3.63, 3.8) is 0 Å². The van der Waals surface area contributed by atoms with Crippen LogP contribution < -0.4 is 11.3 Å². The fourth-order valence-corrected chi connectivity index (χ4v) is 5.91. The van der Waals surface area contributed by atoms with Crippen molar-refractivity contribution in [1.29, 1.82) is 0 Å². The number of unbranched alkanes of at least 4 members (excludes halogenated alkanes) is 4. The second-order valence-electron chi connectivity index (χ2n) is 5.13. The van der Waals surface area contributed by atoms with Crippen LogP contribution >= 0.6 is 23.5 Å². The molecule has 0 aromatic carbocycles. The standard InChI is InChI=1S/C14H30N2S2/c1-3-5-6-7-8-9-12(16-15)14-13(4-2)17-10-11-18-14/h12-14,16H,3-11,15H2,1-2H3. The second-order valence-corrected chi connectivity index (χ2v) is 7.76. The lowest BCUT2D eigenvalue weighted by Crippen LogP contribution is -2.48. The van der Waals surface area contributed by atoms with E-state index < -0.39 is 0 Å². The molecule has 0 aromatic heterocycles. The van der Waals surface area contributed by atoms with Gasteiger partial charge in [-0.15, -0.1) is 0 Å². The third-order valence-corrected chi connectivity index (χ3v) is 7.13. The predicted octanol–water partition coefficient (Wildman–Crippen LogP) is 3.81. The predicted molar refractivity (Wildman–Crippen MR) is 87.3 cm³/mol. The topological polar surface area (TPSA) is 38.0 Å². The molecule has 3 N–H and O–H groups in total. The third kappa shape index (κ3) is 5.72. The number of hydrogen-bond donors (Lipinski definition) is 2. The summed E-state index contributed by atoms with van der Waals surface area (Å²) in [7, 11) is 0. The molecule has 1 heterocycles. The van der Waals surface area contributed by atoms with Crippen LogP contribution in [0.1, 0.15) is 58.8 Å². The molecule has 2 nitrogen and oxygen atoms in total. The third-order valence-electron chi connectivity index (χ3n) is 3.72. The van der Waals surface area contributed by atoms with Gasteiger partial charge in [0.1, 0.15) is 0 Å². The van der Waals surface area contributed by atoms with Crippen molar-refractivity contribution in [1.82, 2.24) is 5.43 Å².